The first-order chi connectivity index (χ1) is 7.61. The fourth-order valence-electron chi connectivity index (χ4n) is 1.59. The Bertz CT molecular complexity index is 290. The van der Waals surface area contributed by atoms with Gasteiger partial charge in [-0.15, -0.1) is 11.6 Å². The highest BCUT2D eigenvalue weighted by Gasteiger charge is 2.36. The fraction of sp³-hybridized carbons (Fsp3) is 1.00. The Kier molecular flexibility index (Phi) is 6.03. The van der Waals surface area contributed by atoms with Crippen molar-refractivity contribution in [3.8, 4) is 0 Å². The van der Waals surface area contributed by atoms with Crippen LogP contribution in [0.4, 0.5) is 0 Å². The van der Waals surface area contributed by atoms with Crippen molar-refractivity contribution in [3.63, 3.8) is 0 Å². The van der Waals surface area contributed by atoms with Crippen LogP contribution < -0.4 is 0 Å². The summed E-state index contributed by atoms with van der Waals surface area (Å²) in [6.07, 6.45) is 3.36. The number of alkyl halides is 1. The topological polar surface area (TPSA) is 46.6 Å². The second-order valence-electron chi connectivity index (χ2n) is 4.05. The lowest BCUT2D eigenvalue weighted by Gasteiger charge is -2.21. The van der Waals surface area contributed by atoms with Gasteiger partial charge in [-0.3, -0.25) is 0 Å². The molecule has 4 nitrogen and oxygen atoms in total. The predicted molar refractivity (Wildman–Crippen MR) is 65.3 cm³/mol. The lowest BCUT2D eigenvalue weighted by Crippen LogP contribution is -2.37. The van der Waals surface area contributed by atoms with Gasteiger partial charge in [0.25, 0.3) is 0 Å². The molecule has 0 bridgehead atoms. The van der Waals surface area contributed by atoms with E-state index < -0.39 is 10.0 Å². The molecule has 0 amide bonds. The Balaban J connectivity index is 2.47. The van der Waals surface area contributed by atoms with Crippen molar-refractivity contribution in [2.45, 2.75) is 31.7 Å². The SMILES string of the molecule is COCCN(C1CC1)S(=O)(=O)CCCCCl. The third-order valence-electron chi connectivity index (χ3n) is 2.61. The molecule has 1 aliphatic carbocycles. The number of sulfonamides is 1. The molecule has 0 saturated heterocycles. The molecule has 6 heteroatoms. The van der Waals surface area contributed by atoms with Gasteiger partial charge in [-0.1, -0.05) is 0 Å². The molecule has 0 aromatic rings. The number of hydrogen-bond acceptors (Lipinski definition) is 3. The van der Waals surface area contributed by atoms with Gasteiger partial charge in [-0.2, -0.15) is 4.31 Å². The average molecular weight is 270 g/mol. The highest BCUT2D eigenvalue weighted by Crippen LogP contribution is 2.29. The fourth-order valence-corrected chi connectivity index (χ4v) is 3.60. The lowest BCUT2D eigenvalue weighted by atomic mass is 10.4. The van der Waals surface area contributed by atoms with Gasteiger partial charge in [0.15, 0.2) is 0 Å². The molecule has 0 heterocycles. The van der Waals surface area contributed by atoms with Gasteiger partial charge in [0.05, 0.1) is 12.4 Å². The lowest BCUT2D eigenvalue weighted by molar-refractivity contribution is 0.177. The second kappa shape index (κ2) is 6.79. The average Bonchev–Trinajstić information content (AvgIpc) is 3.02. The molecular formula is C10H20ClNO3S. The maximum absolute atomic E-state index is 12.0. The van der Waals surface area contributed by atoms with Crippen molar-refractivity contribution >= 4 is 21.6 Å². The van der Waals surface area contributed by atoms with Gasteiger partial charge in [-0.25, -0.2) is 8.42 Å². The molecule has 0 aliphatic heterocycles. The molecule has 16 heavy (non-hydrogen) atoms. The highest BCUT2D eigenvalue weighted by atomic mass is 35.5. The monoisotopic (exact) mass is 269 g/mol. The zero-order valence-corrected chi connectivity index (χ0v) is 11.3. The first-order valence-electron chi connectivity index (χ1n) is 5.66. The first-order valence-corrected chi connectivity index (χ1v) is 7.80. The second-order valence-corrected chi connectivity index (χ2v) is 6.47. The summed E-state index contributed by atoms with van der Waals surface area (Å²) in [5.74, 6) is 0.733. The Morgan fingerprint density at radius 3 is 2.56 bits per heavy atom. The van der Waals surface area contributed by atoms with Gasteiger partial charge < -0.3 is 4.74 Å². The summed E-state index contributed by atoms with van der Waals surface area (Å²) in [5.41, 5.74) is 0. The van der Waals surface area contributed by atoms with E-state index in [1.54, 1.807) is 11.4 Å². The quantitative estimate of drug-likeness (QED) is 0.470. The van der Waals surface area contributed by atoms with Crippen molar-refractivity contribution in [1.29, 1.82) is 0 Å². The maximum atomic E-state index is 12.0. The molecule has 0 radical (unpaired) electrons. The summed E-state index contributed by atoms with van der Waals surface area (Å²) >= 11 is 5.54. The number of methoxy groups -OCH3 is 1. The standard InChI is InChI=1S/C10H20ClNO3S/c1-15-8-7-12(10-4-5-10)16(13,14)9-3-2-6-11/h10H,2-9H2,1H3. The van der Waals surface area contributed by atoms with Crippen LogP contribution in [0.5, 0.6) is 0 Å². The minimum Gasteiger partial charge on any atom is -0.383 e. The third-order valence-corrected chi connectivity index (χ3v) is 4.88. The third kappa shape index (κ3) is 4.57. The van der Waals surface area contributed by atoms with Crippen LogP contribution in [0.3, 0.4) is 0 Å². The van der Waals surface area contributed by atoms with Crippen LogP contribution in [0.1, 0.15) is 25.7 Å². The summed E-state index contributed by atoms with van der Waals surface area (Å²) in [6, 6.07) is 0.219. The maximum Gasteiger partial charge on any atom is 0.214 e. The summed E-state index contributed by atoms with van der Waals surface area (Å²) < 4.78 is 30.6. The van der Waals surface area contributed by atoms with Crippen LogP contribution in [0.15, 0.2) is 0 Å². The van der Waals surface area contributed by atoms with Gasteiger partial charge in [0.2, 0.25) is 10.0 Å². The smallest absolute Gasteiger partial charge is 0.214 e. The number of hydrogen-bond donors (Lipinski definition) is 0. The van der Waals surface area contributed by atoms with Crippen LogP contribution >= 0.6 is 11.6 Å². The van der Waals surface area contributed by atoms with E-state index in [0.717, 1.165) is 19.3 Å². The van der Waals surface area contributed by atoms with Crippen LogP contribution in [-0.2, 0) is 14.8 Å². The molecular weight excluding hydrogens is 250 g/mol. The minimum absolute atomic E-state index is 0.208. The Hall–Kier alpha value is 0.160. The normalized spacial score (nSPS) is 16.9. The Morgan fingerprint density at radius 1 is 1.38 bits per heavy atom. The van der Waals surface area contributed by atoms with Crippen molar-refractivity contribution in [2.24, 2.45) is 0 Å². The van der Waals surface area contributed by atoms with E-state index in [9.17, 15) is 8.42 Å². The molecule has 1 saturated carbocycles. The van der Waals surface area contributed by atoms with Gasteiger partial charge >= 0.3 is 0 Å². The molecule has 0 aromatic carbocycles. The predicted octanol–water partition coefficient (Wildman–Crippen LogP) is 1.45. The number of rotatable bonds is 9. The number of unbranched alkanes of at least 4 members (excludes halogenated alkanes) is 1. The van der Waals surface area contributed by atoms with Crippen molar-refractivity contribution < 1.29 is 13.2 Å². The zero-order chi connectivity index (χ0) is 12.0. The molecule has 0 spiro atoms. The molecule has 0 unspecified atom stereocenters. The molecule has 96 valence electrons. The molecule has 0 aromatic heterocycles. The van der Waals surface area contributed by atoms with Crippen molar-refractivity contribution in [2.75, 3.05) is 31.9 Å². The van der Waals surface area contributed by atoms with Crippen molar-refractivity contribution in [3.05, 3.63) is 0 Å². The number of ether oxygens (including phenoxy) is 1. The molecule has 1 rings (SSSR count). The number of nitrogens with zero attached hydrogens (tertiary/aromatic N) is 1. The first kappa shape index (κ1) is 14.2. The van der Waals surface area contributed by atoms with E-state index in [4.69, 9.17) is 16.3 Å². The van der Waals surface area contributed by atoms with Gasteiger partial charge in [0, 0.05) is 25.6 Å². The minimum atomic E-state index is -3.11. The summed E-state index contributed by atoms with van der Waals surface area (Å²) in [5, 5.41) is 0. The number of halogens is 1. The van der Waals surface area contributed by atoms with E-state index in [-0.39, 0.29) is 11.8 Å². The molecule has 0 N–H and O–H groups in total. The molecule has 1 fully saturated rings. The highest BCUT2D eigenvalue weighted by molar-refractivity contribution is 7.89. The van der Waals surface area contributed by atoms with E-state index in [1.807, 2.05) is 0 Å². The summed E-state index contributed by atoms with van der Waals surface area (Å²) in [6.45, 7) is 0.940. The van der Waals surface area contributed by atoms with E-state index in [0.29, 0.717) is 25.5 Å². The van der Waals surface area contributed by atoms with Crippen LogP contribution in [0.25, 0.3) is 0 Å². The van der Waals surface area contributed by atoms with Crippen molar-refractivity contribution in [1.82, 2.24) is 4.31 Å². The van der Waals surface area contributed by atoms with Gasteiger partial charge in [0.1, 0.15) is 0 Å². The van der Waals surface area contributed by atoms with Gasteiger partial charge in [-0.05, 0) is 25.7 Å². The van der Waals surface area contributed by atoms with E-state index >= 15 is 0 Å². The molecule has 1 aliphatic rings. The van der Waals surface area contributed by atoms with Crippen LogP contribution in [0.2, 0.25) is 0 Å². The van der Waals surface area contributed by atoms with E-state index in [2.05, 4.69) is 0 Å². The van der Waals surface area contributed by atoms with Crippen LogP contribution in [0, 0.1) is 0 Å². The largest absolute Gasteiger partial charge is 0.383 e. The summed E-state index contributed by atoms with van der Waals surface area (Å²) in [7, 11) is -1.52. The van der Waals surface area contributed by atoms with Crippen LogP contribution in [-0.4, -0.2) is 50.7 Å². The zero-order valence-electron chi connectivity index (χ0n) is 9.69. The Labute approximate surface area is 103 Å². The molecule has 0 atom stereocenters. The van der Waals surface area contributed by atoms with E-state index in [1.165, 1.54) is 0 Å². The Morgan fingerprint density at radius 2 is 2.06 bits per heavy atom. The summed E-state index contributed by atoms with van der Waals surface area (Å²) in [4.78, 5) is 0.